The Morgan fingerprint density at radius 1 is 1.14 bits per heavy atom. The van der Waals surface area contributed by atoms with Gasteiger partial charge in [-0.15, -0.1) is 0 Å². The van der Waals surface area contributed by atoms with Crippen LogP contribution in [-0.2, 0) is 37.4 Å². The van der Waals surface area contributed by atoms with Gasteiger partial charge in [-0.3, -0.25) is 9.09 Å². The quantitative estimate of drug-likeness (QED) is 0.126. The number of likely N-dealkylation sites (N-methyl/N-ethyl adjacent to an activating group) is 1. The van der Waals surface area contributed by atoms with Crippen molar-refractivity contribution in [3.63, 3.8) is 0 Å². The minimum atomic E-state index is -4.91. The summed E-state index contributed by atoms with van der Waals surface area (Å²) in [6, 6.07) is 0. The summed E-state index contributed by atoms with van der Waals surface area (Å²) in [5.41, 5.74) is 0.0797. The van der Waals surface area contributed by atoms with Crippen molar-refractivity contribution in [2.75, 3.05) is 54.1 Å². The van der Waals surface area contributed by atoms with E-state index in [4.69, 9.17) is 28.0 Å². The molecule has 0 radical (unpaired) electrons. The normalized spacial score (nSPS) is 15.7. The van der Waals surface area contributed by atoms with Crippen molar-refractivity contribution < 1.29 is 46.7 Å². The zero-order valence-corrected chi connectivity index (χ0v) is 18.8. The molecule has 0 aliphatic rings. The number of rotatable bonds is 15. The minimum Gasteiger partial charge on any atom is -0.756 e. The maximum atomic E-state index is 12.4. The van der Waals surface area contributed by atoms with E-state index in [0.29, 0.717) is 11.0 Å². The first-order chi connectivity index (χ1) is 12.8. The number of hydrogen-bond acceptors (Lipinski definition) is 9. The van der Waals surface area contributed by atoms with Gasteiger partial charge in [0.25, 0.3) is 14.1 Å². The first-order valence-corrected chi connectivity index (χ1v) is 10.5. The van der Waals surface area contributed by atoms with Gasteiger partial charge in [0, 0.05) is 25.4 Å². The summed E-state index contributed by atoms with van der Waals surface area (Å²) < 4.78 is 44.3. The number of hydrogen-bond donors (Lipinski definition) is 0. The molecule has 0 fully saturated rings. The Balaban J connectivity index is 5.67. The van der Waals surface area contributed by atoms with Crippen LogP contribution in [0.25, 0.3) is 0 Å². The van der Waals surface area contributed by atoms with E-state index in [2.05, 4.69) is 6.58 Å². The number of carbonyl (C=O) groups excluding carboxylic acids is 1. The third-order valence-electron chi connectivity index (χ3n) is 3.11. The molecule has 0 saturated carbocycles. The molecule has 0 aliphatic heterocycles. The van der Waals surface area contributed by atoms with E-state index in [1.54, 1.807) is 20.8 Å². The van der Waals surface area contributed by atoms with Crippen LogP contribution in [0.5, 0.6) is 0 Å². The molecule has 28 heavy (non-hydrogen) atoms. The molecule has 2 atom stereocenters. The lowest BCUT2D eigenvalue weighted by molar-refractivity contribution is -0.870. The maximum absolute atomic E-state index is 12.4. The number of phosphoric ester groups is 1. The maximum Gasteiger partial charge on any atom is 0.355 e. The average molecular weight is 427 g/mol. The molecule has 11 heteroatoms. The van der Waals surface area contributed by atoms with E-state index in [0.717, 1.165) is 0 Å². The van der Waals surface area contributed by atoms with E-state index >= 15 is 0 Å². The largest absolute Gasteiger partial charge is 0.756 e. The second kappa shape index (κ2) is 12.0. The number of phosphoric acid groups is 1. The zero-order valence-electron chi connectivity index (χ0n) is 17.9. The standard InChI is InChI=1S/C17H34NO9P/c1-9-22-16(26-15(19)14(4)5)17(23-10-2,24-11-3)27-28(20,21)25-13-12-18(6,7)8/h16H,4,9-13H2,1-3,5-8H3. The lowest BCUT2D eigenvalue weighted by atomic mass is 10.3. The fourth-order valence-corrected chi connectivity index (χ4v) is 2.70. The highest BCUT2D eigenvalue weighted by atomic mass is 31.2. The predicted molar refractivity (Wildman–Crippen MR) is 99.8 cm³/mol. The number of quaternary nitrogens is 1. The number of nitrogens with zero attached hydrogens (tertiary/aromatic N) is 1. The topological polar surface area (TPSA) is 113 Å². The molecule has 0 rings (SSSR count). The molecular formula is C17H34NO9P. The number of esters is 1. The smallest absolute Gasteiger partial charge is 0.355 e. The van der Waals surface area contributed by atoms with Crippen molar-refractivity contribution >= 4 is 13.8 Å². The van der Waals surface area contributed by atoms with E-state index in [1.807, 2.05) is 21.1 Å². The van der Waals surface area contributed by atoms with Crippen molar-refractivity contribution in [3.8, 4) is 0 Å². The highest BCUT2D eigenvalue weighted by Crippen LogP contribution is 2.46. The van der Waals surface area contributed by atoms with Gasteiger partial charge in [0.05, 0.1) is 21.1 Å². The van der Waals surface area contributed by atoms with Gasteiger partial charge < -0.3 is 32.8 Å². The summed E-state index contributed by atoms with van der Waals surface area (Å²) in [5.74, 6) is -3.18. The zero-order chi connectivity index (χ0) is 22.0. The van der Waals surface area contributed by atoms with Crippen molar-refractivity contribution in [1.29, 1.82) is 0 Å². The van der Waals surface area contributed by atoms with Crippen LogP contribution in [0.4, 0.5) is 0 Å². The van der Waals surface area contributed by atoms with E-state index in [1.165, 1.54) is 6.92 Å². The summed E-state index contributed by atoms with van der Waals surface area (Å²) in [4.78, 5) is 24.4. The van der Waals surface area contributed by atoms with Crippen molar-refractivity contribution in [2.45, 2.75) is 40.0 Å². The van der Waals surface area contributed by atoms with Gasteiger partial charge >= 0.3 is 11.9 Å². The van der Waals surface area contributed by atoms with Crippen molar-refractivity contribution in [2.24, 2.45) is 0 Å². The molecule has 0 aromatic carbocycles. The Hall–Kier alpha value is -0.840. The van der Waals surface area contributed by atoms with Crippen LogP contribution < -0.4 is 4.89 Å². The van der Waals surface area contributed by atoms with Gasteiger partial charge in [0.15, 0.2) is 0 Å². The lowest BCUT2D eigenvalue weighted by Crippen LogP contribution is -2.53. The summed E-state index contributed by atoms with van der Waals surface area (Å²) in [7, 11) is 0.737. The third kappa shape index (κ3) is 10.1. The molecule has 10 nitrogen and oxygen atoms in total. The molecular weight excluding hydrogens is 393 g/mol. The Kier molecular flexibility index (Phi) is 11.6. The molecule has 0 N–H and O–H groups in total. The number of carbonyl (C=O) groups is 1. The van der Waals surface area contributed by atoms with Crippen LogP contribution in [0.15, 0.2) is 12.2 Å². The molecule has 0 bridgehead atoms. The molecule has 0 aliphatic carbocycles. The van der Waals surface area contributed by atoms with E-state index in [9.17, 15) is 14.3 Å². The highest BCUT2D eigenvalue weighted by molar-refractivity contribution is 7.45. The highest BCUT2D eigenvalue weighted by Gasteiger charge is 2.50. The monoisotopic (exact) mass is 427 g/mol. The molecule has 0 heterocycles. The average Bonchev–Trinajstić information content (AvgIpc) is 2.52. The van der Waals surface area contributed by atoms with Crippen molar-refractivity contribution in [1.82, 2.24) is 0 Å². The summed E-state index contributed by atoms with van der Waals surface area (Å²) in [5, 5.41) is 0. The molecule has 0 saturated heterocycles. The first kappa shape index (κ1) is 27.2. The second-order valence-electron chi connectivity index (χ2n) is 6.83. The fourth-order valence-electron chi connectivity index (χ4n) is 1.84. The van der Waals surface area contributed by atoms with Crippen LogP contribution >= 0.6 is 7.82 Å². The molecule has 0 spiro atoms. The van der Waals surface area contributed by atoms with Crippen molar-refractivity contribution in [3.05, 3.63) is 12.2 Å². The van der Waals surface area contributed by atoms with Gasteiger partial charge in [-0.1, -0.05) is 6.58 Å². The Labute approximate surface area is 167 Å². The van der Waals surface area contributed by atoms with Crippen LogP contribution in [0, 0.1) is 0 Å². The lowest BCUT2D eigenvalue weighted by Gasteiger charge is -2.40. The van der Waals surface area contributed by atoms with Gasteiger partial charge in [0.1, 0.15) is 13.2 Å². The third-order valence-corrected chi connectivity index (χ3v) is 4.09. The first-order valence-electron chi connectivity index (χ1n) is 9.05. The van der Waals surface area contributed by atoms with Crippen LogP contribution in [0.1, 0.15) is 27.7 Å². The molecule has 0 aromatic rings. The Bertz CT molecular complexity index is 541. The van der Waals surface area contributed by atoms with Crippen LogP contribution in [0.2, 0.25) is 0 Å². The SMILES string of the molecule is C=C(C)C(=O)OC(OCC)C(OCC)(OCC)OP(=O)([O-])OCC[N+](C)(C)C. The summed E-state index contributed by atoms with van der Waals surface area (Å²) in [6.45, 7) is 10.0. The summed E-state index contributed by atoms with van der Waals surface area (Å²) >= 11 is 0. The van der Waals surface area contributed by atoms with Gasteiger partial charge in [0.2, 0.25) is 0 Å². The van der Waals surface area contributed by atoms with Crippen LogP contribution in [-0.4, -0.2) is 76.8 Å². The van der Waals surface area contributed by atoms with Gasteiger partial charge in [-0.2, -0.15) is 0 Å². The predicted octanol–water partition coefficient (Wildman–Crippen LogP) is 1.40. The number of ether oxygens (including phenoxy) is 4. The van der Waals surface area contributed by atoms with Gasteiger partial charge in [-0.25, -0.2) is 4.79 Å². The summed E-state index contributed by atoms with van der Waals surface area (Å²) in [6.07, 6.45) is -1.63. The molecule has 0 amide bonds. The van der Waals surface area contributed by atoms with E-state index in [-0.39, 0.29) is 32.0 Å². The Morgan fingerprint density at radius 2 is 1.68 bits per heavy atom. The van der Waals surface area contributed by atoms with E-state index < -0.39 is 26.1 Å². The molecule has 0 aromatic heterocycles. The molecule has 166 valence electrons. The minimum absolute atomic E-state index is 0.0208. The Morgan fingerprint density at radius 3 is 2.07 bits per heavy atom. The molecule has 2 unspecified atom stereocenters. The van der Waals surface area contributed by atoms with Gasteiger partial charge in [-0.05, 0) is 27.7 Å². The van der Waals surface area contributed by atoms with Crippen LogP contribution in [0.3, 0.4) is 0 Å². The second-order valence-corrected chi connectivity index (χ2v) is 8.16. The fraction of sp³-hybridized carbons (Fsp3) is 0.824.